The number of nitrogens with one attached hydrogen (secondary N) is 1. The molecular formula is C14H13N3O2. The molecule has 0 atom stereocenters. The van der Waals surface area contributed by atoms with Gasteiger partial charge >= 0.3 is 0 Å². The summed E-state index contributed by atoms with van der Waals surface area (Å²) in [5.74, 6) is 0.00230. The number of aromatic hydroxyl groups is 1. The summed E-state index contributed by atoms with van der Waals surface area (Å²) >= 11 is 0. The normalized spacial score (nSPS) is 11.0. The number of rotatable bonds is 2. The summed E-state index contributed by atoms with van der Waals surface area (Å²) in [6.07, 6.45) is 2.38. The molecule has 2 heterocycles. The average molecular weight is 255 g/mol. The molecule has 19 heavy (non-hydrogen) atoms. The number of hydrogen-bond donors (Lipinski definition) is 2. The Morgan fingerprint density at radius 2 is 2.16 bits per heavy atom. The molecule has 5 nitrogen and oxygen atoms in total. The SMILES string of the molecule is CCc1cc(O)cc(=O)n1-c1ccc2[nH]ncc2c1. The first-order valence-corrected chi connectivity index (χ1v) is 6.07. The second kappa shape index (κ2) is 4.28. The van der Waals surface area contributed by atoms with Crippen molar-refractivity contribution in [2.45, 2.75) is 13.3 Å². The van der Waals surface area contributed by atoms with Crippen LogP contribution in [0.4, 0.5) is 0 Å². The van der Waals surface area contributed by atoms with Crippen molar-refractivity contribution in [2.75, 3.05) is 0 Å². The molecule has 2 aromatic heterocycles. The molecule has 0 bridgehead atoms. The van der Waals surface area contributed by atoms with Gasteiger partial charge in [-0.1, -0.05) is 6.92 Å². The maximum absolute atomic E-state index is 12.1. The first-order chi connectivity index (χ1) is 9.19. The van der Waals surface area contributed by atoms with E-state index in [1.165, 1.54) is 6.07 Å². The van der Waals surface area contributed by atoms with Gasteiger partial charge in [0.15, 0.2) is 0 Å². The Morgan fingerprint density at radius 3 is 2.95 bits per heavy atom. The molecule has 96 valence electrons. The molecule has 1 aromatic carbocycles. The lowest BCUT2D eigenvalue weighted by molar-refractivity contribution is 0.471. The fourth-order valence-corrected chi connectivity index (χ4v) is 2.23. The Morgan fingerprint density at radius 1 is 1.32 bits per heavy atom. The lowest BCUT2D eigenvalue weighted by Gasteiger charge is -2.12. The van der Waals surface area contributed by atoms with Crippen molar-refractivity contribution >= 4 is 10.9 Å². The number of H-pyrrole nitrogens is 1. The lowest BCUT2D eigenvalue weighted by Crippen LogP contribution is -2.20. The number of aryl methyl sites for hydroxylation is 1. The van der Waals surface area contributed by atoms with E-state index in [1.807, 2.05) is 25.1 Å². The topological polar surface area (TPSA) is 70.9 Å². The number of pyridine rings is 1. The van der Waals surface area contributed by atoms with Crippen molar-refractivity contribution in [2.24, 2.45) is 0 Å². The van der Waals surface area contributed by atoms with E-state index >= 15 is 0 Å². The van der Waals surface area contributed by atoms with Crippen LogP contribution in [0, 0.1) is 0 Å². The number of fused-ring (bicyclic) bond motifs is 1. The third kappa shape index (κ3) is 1.89. The Kier molecular flexibility index (Phi) is 2.59. The molecule has 0 aliphatic heterocycles. The minimum absolute atomic E-state index is 0.00230. The highest BCUT2D eigenvalue weighted by atomic mass is 16.3. The molecular weight excluding hydrogens is 242 g/mol. The number of nitrogens with zero attached hydrogens (tertiary/aromatic N) is 2. The molecule has 5 heteroatoms. The summed E-state index contributed by atoms with van der Waals surface area (Å²) in [5.41, 5.74) is 2.23. The van der Waals surface area contributed by atoms with Gasteiger partial charge in [0.2, 0.25) is 0 Å². The summed E-state index contributed by atoms with van der Waals surface area (Å²) in [7, 11) is 0. The quantitative estimate of drug-likeness (QED) is 0.735. The number of aromatic nitrogens is 3. The van der Waals surface area contributed by atoms with Gasteiger partial charge < -0.3 is 5.11 Å². The zero-order valence-corrected chi connectivity index (χ0v) is 10.4. The molecule has 0 fully saturated rings. The first-order valence-electron chi connectivity index (χ1n) is 6.07. The third-order valence-electron chi connectivity index (χ3n) is 3.14. The van der Waals surface area contributed by atoms with Gasteiger partial charge in [0.1, 0.15) is 5.75 Å². The van der Waals surface area contributed by atoms with Crippen LogP contribution in [0.3, 0.4) is 0 Å². The van der Waals surface area contributed by atoms with Crippen LogP contribution in [0.1, 0.15) is 12.6 Å². The number of benzene rings is 1. The van der Waals surface area contributed by atoms with Gasteiger partial charge in [-0.15, -0.1) is 0 Å². The van der Waals surface area contributed by atoms with Gasteiger partial charge in [0.25, 0.3) is 5.56 Å². The zero-order valence-electron chi connectivity index (χ0n) is 10.4. The number of hydrogen-bond acceptors (Lipinski definition) is 3. The minimum Gasteiger partial charge on any atom is -0.508 e. The van der Waals surface area contributed by atoms with Crippen LogP contribution in [0.15, 0.2) is 41.3 Å². The van der Waals surface area contributed by atoms with Gasteiger partial charge in [0, 0.05) is 28.9 Å². The van der Waals surface area contributed by atoms with Crippen molar-refractivity contribution in [1.82, 2.24) is 14.8 Å². The lowest BCUT2D eigenvalue weighted by atomic mass is 10.2. The van der Waals surface area contributed by atoms with Crippen molar-refractivity contribution in [3.8, 4) is 11.4 Å². The van der Waals surface area contributed by atoms with Gasteiger partial charge in [-0.25, -0.2) is 0 Å². The maximum atomic E-state index is 12.1. The van der Waals surface area contributed by atoms with E-state index in [1.54, 1.807) is 16.8 Å². The van der Waals surface area contributed by atoms with Crippen molar-refractivity contribution in [3.63, 3.8) is 0 Å². The van der Waals surface area contributed by atoms with E-state index in [4.69, 9.17) is 0 Å². The zero-order chi connectivity index (χ0) is 13.4. The third-order valence-corrected chi connectivity index (χ3v) is 3.14. The predicted octanol–water partition coefficient (Wildman–Crippen LogP) is 1.98. The molecule has 0 amide bonds. The molecule has 0 saturated heterocycles. The van der Waals surface area contributed by atoms with Crippen molar-refractivity contribution in [1.29, 1.82) is 0 Å². The highest BCUT2D eigenvalue weighted by Crippen LogP contribution is 2.18. The highest BCUT2D eigenvalue weighted by Gasteiger charge is 2.08. The second-order valence-corrected chi connectivity index (χ2v) is 4.37. The van der Waals surface area contributed by atoms with Crippen LogP contribution in [-0.4, -0.2) is 19.9 Å². The molecule has 0 saturated carbocycles. The average Bonchev–Trinajstić information content (AvgIpc) is 2.84. The summed E-state index contributed by atoms with van der Waals surface area (Å²) < 4.78 is 1.60. The van der Waals surface area contributed by atoms with E-state index in [9.17, 15) is 9.90 Å². The Bertz CT molecular complexity index is 802. The van der Waals surface area contributed by atoms with E-state index in [-0.39, 0.29) is 11.3 Å². The molecule has 3 aromatic rings. The first kappa shape index (κ1) is 11.5. The van der Waals surface area contributed by atoms with Crippen molar-refractivity contribution in [3.05, 3.63) is 52.6 Å². The van der Waals surface area contributed by atoms with Crippen LogP contribution in [0.2, 0.25) is 0 Å². The maximum Gasteiger partial charge on any atom is 0.258 e. The Hall–Kier alpha value is -2.56. The standard InChI is InChI=1S/C14H13N3O2/c1-2-10-6-12(18)7-14(19)17(10)11-3-4-13-9(5-11)8-15-16-13/h3-8,18H,2H2,1H3,(H,15,16). The predicted molar refractivity (Wildman–Crippen MR) is 72.7 cm³/mol. The van der Waals surface area contributed by atoms with Crippen LogP contribution in [0.5, 0.6) is 5.75 Å². The molecule has 0 aliphatic carbocycles. The van der Waals surface area contributed by atoms with Gasteiger partial charge in [0.05, 0.1) is 11.7 Å². The molecule has 0 unspecified atom stereocenters. The minimum atomic E-state index is -0.236. The molecule has 0 spiro atoms. The summed E-state index contributed by atoms with van der Waals surface area (Å²) in [6, 6.07) is 8.48. The van der Waals surface area contributed by atoms with E-state index in [0.717, 1.165) is 22.3 Å². The molecule has 0 radical (unpaired) electrons. The number of aromatic amines is 1. The second-order valence-electron chi connectivity index (χ2n) is 4.37. The van der Waals surface area contributed by atoms with E-state index < -0.39 is 0 Å². The fourth-order valence-electron chi connectivity index (χ4n) is 2.23. The van der Waals surface area contributed by atoms with E-state index in [2.05, 4.69) is 10.2 Å². The monoisotopic (exact) mass is 255 g/mol. The Labute approximate surface area is 109 Å². The smallest absolute Gasteiger partial charge is 0.258 e. The Balaban J connectivity index is 2.28. The van der Waals surface area contributed by atoms with Crippen LogP contribution in [-0.2, 0) is 6.42 Å². The summed E-state index contributed by atoms with van der Waals surface area (Å²) in [4.78, 5) is 12.1. The molecule has 3 rings (SSSR count). The largest absolute Gasteiger partial charge is 0.508 e. The summed E-state index contributed by atoms with van der Waals surface area (Å²) in [5, 5.41) is 17.3. The van der Waals surface area contributed by atoms with E-state index in [0.29, 0.717) is 6.42 Å². The molecule has 0 aliphatic rings. The van der Waals surface area contributed by atoms with Crippen LogP contribution >= 0.6 is 0 Å². The summed E-state index contributed by atoms with van der Waals surface area (Å²) in [6.45, 7) is 1.95. The fraction of sp³-hybridized carbons (Fsp3) is 0.143. The van der Waals surface area contributed by atoms with Gasteiger partial charge in [-0.2, -0.15) is 5.10 Å². The van der Waals surface area contributed by atoms with Crippen LogP contribution in [0.25, 0.3) is 16.6 Å². The highest BCUT2D eigenvalue weighted by molar-refractivity contribution is 5.80. The van der Waals surface area contributed by atoms with Gasteiger partial charge in [-0.05, 0) is 24.6 Å². The molecule has 2 N–H and O–H groups in total. The van der Waals surface area contributed by atoms with Gasteiger partial charge in [-0.3, -0.25) is 14.5 Å². The van der Waals surface area contributed by atoms with Crippen LogP contribution < -0.4 is 5.56 Å². The van der Waals surface area contributed by atoms with Crippen molar-refractivity contribution < 1.29 is 5.11 Å².